The molecule has 0 aliphatic rings. The number of alkyl halides is 3. The molecule has 1 N–H and O–H groups in total. The van der Waals surface area contributed by atoms with Crippen LogP contribution < -0.4 is 9.46 Å². The number of anilines is 1. The number of nitrogens with one attached hydrogen (secondary N) is 1. The third kappa shape index (κ3) is 4.52. The van der Waals surface area contributed by atoms with Crippen molar-refractivity contribution in [2.24, 2.45) is 0 Å². The summed E-state index contributed by atoms with van der Waals surface area (Å²) in [6.45, 7) is -3.09. The number of ether oxygens (including phenoxy) is 1. The summed E-state index contributed by atoms with van der Waals surface area (Å²) in [5, 5.41) is 0.163. The summed E-state index contributed by atoms with van der Waals surface area (Å²) in [5.74, 6) is -0.334. The Morgan fingerprint density at radius 2 is 2.06 bits per heavy atom. The van der Waals surface area contributed by atoms with Crippen molar-refractivity contribution in [3.63, 3.8) is 0 Å². The molecule has 0 atom stereocenters. The number of benzene rings is 1. The van der Waals surface area contributed by atoms with Gasteiger partial charge in [-0.15, -0.1) is 0 Å². The van der Waals surface area contributed by atoms with Gasteiger partial charge in [0.25, 0.3) is 0 Å². The number of hydrogen-bond acceptors (Lipinski definition) is 3. The average molecular weight is 429 g/mol. The van der Waals surface area contributed by atoms with E-state index in [2.05, 4.69) is 41.3 Å². The van der Waals surface area contributed by atoms with Crippen molar-refractivity contribution in [3.05, 3.63) is 21.6 Å². The number of hydrogen-bond donors (Lipinski definition) is 1. The Hall–Kier alpha value is -0.120. The van der Waals surface area contributed by atoms with Gasteiger partial charge in [-0.05, 0) is 28.1 Å². The monoisotopic (exact) mass is 427 g/mol. The van der Waals surface area contributed by atoms with Crippen molar-refractivity contribution >= 4 is 59.2 Å². The van der Waals surface area contributed by atoms with E-state index in [0.29, 0.717) is 0 Å². The zero-order chi connectivity index (χ0) is 13.9. The van der Waals surface area contributed by atoms with Gasteiger partial charge in [0.2, 0.25) is 10.0 Å². The zero-order valence-electron chi connectivity index (χ0n) is 8.46. The van der Waals surface area contributed by atoms with E-state index in [1.165, 1.54) is 12.1 Å². The third-order valence-corrected chi connectivity index (χ3v) is 5.06. The molecular formula is C8H6Br2ClF2NO3S. The van der Waals surface area contributed by atoms with E-state index in [9.17, 15) is 17.2 Å². The van der Waals surface area contributed by atoms with Crippen molar-refractivity contribution in [1.82, 2.24) is 0 Å². The first-order chi connectivity index (χ1) is 8.25. The minimum atomic E-state index is -3.70. The number of halogens is 5. The molecule has 0 unspecified atom stereocenters. The lowest BCUT2D eigenvalue weighted by molar-refractivity contribution is -0.0498. The van der Waals surface area contributed by atoms with Crippen LogP contribution in [0.3, 0.4) is 0 Å². The van der Waals surface area contributed by atoms with E-state index in [1.807, 2.05) is 0 Å². The molecular weight excluding hydrogens is 423 g/mol. The Bertz CT molecular complexity index is 541. The molecule has 0 fully saturated rings. The van der Waals surface area contributed by atoms with Crippen molar-refractivity contribution in [2.45, 2.75) is 6.61 Å². The van der Waals surface area contributed by atoms with Crippen LogP contribution in [-0.4, -0.2) is 19.7 Å². The van der Waals surface area contributed by atoms with Crippen LogP contribution >= 0.6 is 43.5 Å². The van der Waals surface area contributed by atoms with Crippen molar-refractivity contribution < 1.29 is 21.9 Å². The summed E-state index contributed by atoms with van der Waals surface area (Å²) < 4.78 is 53.2. The number of rotatable bonds is 5. The first-order valence-electron chi connectivity index (χ1n) is 4.25. The lowest BCUT2D eigenvalue weighted by Gasteiger charge is -2.14. The Morgan fingerprint density at radius 1 is 1.44 bits per heavy atom. The second-order valence-electron chi connectivity index (χ2n) is 2.97. The minimum Gasteiger partial charge on any atom is -0.431 e. The largest absolute Gasteiger partial charge is 0.431 e. The van der Waals surface area contributed by atoms with Gasteiger partial charge in [0, 0.05) is 5.02 Å². The second kappa shape index (κ2) is 6.36. The molecule has 1 aromatic carbocycles. The molecule has 0 saturated heterocycles. The molecule has 0 spiro atoms. The van der Waals surface area contributed by atoms with Gasteiger partial charge in [-0.25, -0.2) is 8.42 Å². The maximum Gasteiger partial charge on any atom is 0.387 e. The lowest BCUT2D eigenvalue weighted by Crippen LogP contribution is -2.15. The molecule has 0 saturated carbocycles. The van der Waals surface area contributed by atoms with Gasteiger partial charge in [-0.1, -0.05) is 27.5 Å². The lowest BCUT2D eigenvalue weighted by atomic mass is 10.3. The highest BCUT2D eigenvalue weighted by Crippen LogP contribution is 2.38. The highest BCUT2D eigenvalue weighted by molar-refractivity contribution is 9.11. The minimum absolute atomic E-state index is 0.113. The molecule has 0 heterocycles. The highest BCUT2D eigenvalue weighted by Gasteiger charge is 2.18. The molecule has 0 amide bonds. The average Bonchev–Trinajstić information content (AvgIpc) is 2.22. The van der Waals surface area contributed by atoms with Crippen LogP contribution in [0.25, 0.3) is 0 Å². The number of sulfonamides is 1. The molecule has 10 heteroatoms. The van der Waals surface area contributed by atoms with Crippen LogP contribution in [0.15, 0.2) is 16.6 Å². The van der Waals surface area contributed by atoms with E-state index in [0.717, 1.165) is 0 Å². The summed E-state index contributed by atoms with van der Waals surface area (Å²) in [5.41, 5.74) is -0.172. The van der Waals surface area contributed by atoms with Crippen LogP contribution in [0.5, 0.6) is 5.75 Å². The Kier molecular flexibility index (Phi) is 5.63. The standard InChI is InChI=1S/C8H6Br2ClF2NO3S/c9-3-18(15,16)14-6-2-4(11)1-5(10)7(6)17-8(12)13/h1-2,8,14H,3H2. The molecule has 0 aliphatic heterocycles. The maximum absolute atomic E-state index is 12.2. The Morgan fingerprint density at radius 3 is 2.56 bits per heavy atom. The summed E-state index contributed by atoms with van der Waals surface area (Å²) in [7, 11) is -3.70. The predicted molar refractivity (Wildman–Crippen MR) is 72.1 cm³/mol. The van der Waals surface area contributed by atoms with E-state index in [1.54, 1.807) is 0 Å². The predicted octanol–water partition coefficient (Wildman–Crippen LogP) is 3.80. The van der Waals surface area contributed by atoms with Crippen LogP contribution in [0.1, 0.15) is 0 Å². The zero-order valence-corrected chi connectivity index (χ0v) is 13.2. The topological polar surface area (TPSA) is 55.4 Å². The molecule has 18 heavy (non-hydrogen) atoms. The van der Waals surface area contributed by atoms with Gasteiger partial charge in [0.1, 0.15) is 4.66 Å². The van der Waals surface area contributed by atoms with Crippen molar-refractivity contribution in [2.75, 3.05) is 9.38 Å². The van der Waals surface area contributed by atoms with E-state index in [-0.39, 0.29) is 20.9 Å². The molecule has 1 rings (SSSR count). The molecule has 0 radical (unpaired) electrons. The molecule has 102 valence electrons. The Balaban J connectivity index is 3.23. The summed E-state index contributed by atoms with van der Waals surface area (Å²) in [6, 6.07) is 2.48. The first kappa shape index (κ1) is 15.9. The van der Waals surface area contributed by atoms with E-state index >= 15 is 0 Å². The van der Waals surface area contributed by atoms with Gasteiger partial charge in [0.05, 0.1) is 10.2 Å². The Labute approximate surface area is 124 Å². The third-order valence-electron chi connectivity index (χ3n) is 1.62. The summed E-state index contributed by atoms with van der Waals surface area (Å²) >= 11 is 11.4. The smallest absolute Gasteiger partial charge is 0.387 e. The van der Waals surface area contributed by atoms with Crippen LogP contribution in [0.4, 0.5) is 14.5 Å². The van der Waals surface area contributed by atoms with Crippen LogP contribution in [0, 0.1) is 0 Å². The second-order valence-corrected chi connectivity index (χ2v) is 7.28. The SMILES string of the molecule is O=S(=O)(CBr)Nc1cc(Cl)cc(Br)c1OC(F)F. The van der Waals surface area contributed by atoms with E-state index in [4.69, 9.17) is 11.6 Å². The van der Waals surface area contributed by atoms with Gasteiger partial charge < -0.3 is 4.74 Å². The summed E-state index contributed by atoms with van der Waals surface area (Å²) in [6.07, 6.45) is 0. The fraction of sp³-hybridized carbons (Fsp3) is 0.250. The highest BCUT2D eigenvalue weighted by atomic mass is 79.9. The fourth-order valence-corrected chi connectivity index (χ4v) is 2.83. The molecule has 4 nitrogen and oxygen atoms in total. The molecule has 0 bridgehead atoms. The van der Waals surface area contributed by atoms with Gasteiger partial charge >= 0.3 is 6.61 Å². The maximum atomic E-state index is 12.2. The molecule has 1 aromatic rings. The summed E-state index contributed by atoms with van der Waals surface area (Å²) in [4.78, 5) is 0. The first-order valence-corrected chi connectivity index (χ1v) is 8.20. The normalized spacial score (nSPS) is 11.7. The molecule has 0 aliphatic carbocycles. The van der Waals surface area contributed by atoms with Crippen LogP contribution in [-0.2, 0) is 10.0 Å². The van der Waals surface area contributed by atoms with Gasteiger partial charge in [-0.2, -0.15) is 8.78 Å². The van der Waals surface area contributed by atoms with Gasteiger partial charge in [-0.3, -0.25) is 4.72 Å². The van der Waals surface area contributed by atoms with Crippen molar-refractivity contribution in [3.8, 4) is 5.75 Å². The van der Waals surface area contributed by atoms with E-state index < -0.39 is 21.3 Å². The van der Waals surface area contributed by atoms with Gasteiger partial charge in [0.15, 0.2) is 5.75 Å². The quantitative estimate of drug-likeness (QED) is 0.725. The molecule has 0 aromatic heterocycles. The van der Waals surface area contributed by atoms with Crippen LogP contribution in [0.2, 0.25) is 5.02 Å². The fourth-order valence-electron chi connectivity index (χ4n) is 1.04. The van der Waals surface area contributed by atoms with Crippen molar-refractivity contribution in [1.29, 1.82) is 0 Å².